The molecule has 0 spiro atoms. The molecule has 0 bridgehead atoms. The van der Waals surface area contributed by atoms with Gasteiger partial charge in [-0.1, -0.05) is 19.1 Å². The Morgan fingerprint density at radius 1 is 1.12 bits per heavy atom. The summed E-state index contributed by atoms with van der Waals surface area (Å²) in [5, 5.41) is 3.19. The minimum atomic E-state index is -4.99. The first-order valence-corrected chi connectivity index (χ1v) is 11.5. The molecule has 0 radical (unpaired) electrons. The van der Waals surface area contributed by atoms with Gasteiger partial charge in [0.2, 0.25) is 0 Å². The highest BCUT2D eigenvalue weighted by Gasteiger charge is 2.49. The number of carbonyl (C=O) groups is 1. The number of ether oxygens (including phenoxy) is 1. The molecule has 1 atom stereocenters. The first kappa shape index (κ1) is 25.6. The normalized spacial score (nSPS) is 13.9. The van der Waals surface area contributed by atoms with Crippen molar-refractivity contribution in [1.29, 1.82) is 0 Å². The number of nitrogens with zero attached hydrogens (tertiary/aromatic N) is 4. The Balaban J connectivity index is 2.05. The summed E-state index contributed by atoms with van der Waals surface area (Å²) in [6, 6.07) is 3.04. The van der Waals surface area contributed by atoms with E-state index in [1.807, 2.05) is 0 Å². The molecule has 8 nitrogen and oxygen atoms in total. The van der Waals surface area contributed by atoms with Crippen molar-refractivity contribution in [2.24, 2.45) is 0 Å². The molecule has 0 saturated carbocycles. The highest BCUT2D eigenvalue weighted by atomic mass is 32.2. The lowest BCUT2D eigenvalue weighted by molar-refractivity contribution is -0.173. The second kappa shape index (κ2) is 8.95. The fraction of sp³-hybridized carbons (Fsp3) is 0.381. The van der Waals surface area contributed by atoms with Gasteiger partial charge in [0.05, 0.1) is 11.7 Å². The van der Waals surface area contributed by atoms with Crippen LogP contribution in [-0.2, 0) is 14.8 Å². The number of sulfonamides is 1. The summed E-state index contributed by atoms with van der Waals surface area (Å²) in [5.74, 6) is -0.760. The average molecular weight is 502 g/mol. The van der Waals surface area contributed by atoms with Crippen LogP contribution in [-0.4, -0.2) is 51.9 Å². The van der Waals surface area contributed by atoms with Crippen LogP contribution >= 0.6 is 0 Å². The Labute approximate surface area is 193 Å². The van der Waals surface area contributed by atoms with Crippen molar-refractivity contribution in [3.05, 3.63) is 54.0 Å². The lowest BCUT2D eigenvalue weighted by Gasteiger charge is -2.31. The number of hydrogen-bond donors (Lipinski definition) is 0. The SMILES string of the molecule is CCN([C@H](c1ccc(F)cc1)C(F)(F)F)S(=O)(=O)c1ccc2c(cnn2C(=O)OC(C)(C)C)n1. The number of fused-ring (bicyclic) bond motifs is 1. The zero-order chi connectivity index (χ0) is 25.5. The van der Waals surface area contributed by atoms with Gasteiger partial charge >= 0.3 is 12.3 Å². The Morgan fingerprint density at radius 3 is 2.26 bits per heavy atom. The van der Waals surface area contributed by atoms with E-state index >= 15 is 0 Å². The van der Waals surface area contributed by atoms with Crippen LogP contribution in [0, 0.1) is 5.82 Å². The first-order valence-electron chi connectivity index (χ1n) is 10.1. The molecule has 0 saturated heterocycles. The van der Waals surface area contributed by atoms with Crippen molar-refractivity contribution in [3.63, 3.8) is 0 Å². The molecular weight excluding hydrogens is 480 g/mol. The van der Waals surface area contributed by atoms with E-state index in [1.165, 1.54) is 13.0 Å². The molecule has 1 aromatic carbocycles. The van der Waals surface area contributed by atoms with E-state index in [4.69, 9.17) is 4.74 Å². The van der Waals surface area contributed by atoms with E-state index < -0.39 is 56.9 Å². The predicted octanol–water partition coefficient (Wildman–Crippen LogP) is 4.67. The Hall–Kier alpha value is -3.06. The highest BCUT2D eigenvalue weighted by Crippen LogP contribution is 2.40. The second-order valence-corrected chi connectivity index (χ2v) is 10.1. The lowest BCUT2D eigenvalue weighted by Crippen LogP contribution is -2.42. The maximum absolute atomic E-state index is 14.0. The van der Waals surface area contributed by atoms with Crippen LogP contribution in [0.2, 0.25) is 0 Å². The van der Waals surface area contributed by atoms with Crippen molar-refractivity contribution in [3.8, 4) is 0 Å². The molecule has 34 heavy (non-hydrogen) atoms. The Bertz CT molecular complexity index is 1300. The largest absolute Gasteiger partial charge is 0.442 e. The van der Waals surface area contributed by atoms with Crippen molar-refractivity contribution < 1.29 is 35.5 Å². The van der Waals surface area contributed by atoms with Gasteiger partial charge in [-0.3, -0.25) is 0 Å². The predicted molar refractivity (Wildman–Crippen MR) is 114 cm³/mol. The summed E-state index contributed by atoms with van der Waals surface area (Å²) in [4.78, 5) is 16.3. The number of pyridine rings is 1. The third-order valence-electron chi connectivity index (χ3n) is 4.64. The van der Waals surface area contributed by atoms with Crippen LogP contribution in [0.25, 0.3) is 11.0 Å². The number of halogens is 4. The summed E-state index contributed by atoms with van der Waals surface area (Å²) in [7, 11) is -4.77. The van der Waals surface area contributed by atoms with Gasteiger partial charge in [-0.15, -0.1) is 0 Å². The fourth-order valence-electron chi connectivity index (χ4n) is 3.27. The average Bonchev–Trinajstić information content (AvgIpc) is 3.14. The molecule has 3 aromatic rings. The standard InChI is InChI=1S/C21H22F4N4O4S/c1-5-28(18(21(23,24)25)13-6-8-14(22)9-7-13)34(31,32)17-11-10-16-15(27-17)12-26-29(16)19(30)33-20(2,3)4/h6-12,18H,5H2,1-4H3/t18-/m1/s1. The van der Waals surface area contributed by atoms with E-state index in [2.05, 4.69) is 10.1 Å². The minimum Gasteiger partial charge on any atom is -0.442 e. The van der Waals surface area contributed by atoms with Gasteiger partial charge in [-0.2, -0.15) is 27.3 Å². The van der Waals surface area contributed by atoms with E-state index in [0.29, 0.717) is 0 Å². The van der Waals surface area contributed by atoms with Crippen LogP contribution in [0.4, 0.5) is 22.4 Å². The van der Waals surface area contributed by atoms with Crippen molar-refractivity contribution >= 4 is 27.1 Å². The van der Waals surface area contributed by atoms with Crippen LogP contribution < -0.4 is 0 Å². The fourth-order valence-corrected chi connectivity index (χ4v) is 4.82. The van der Waals surface area contributed by atoms with E-state index in [1.54, 1.807) is 20.8 Å². The van der Waals surface area contributed by atoms with Crippen molar-refractivity contribution in [2.45, 2.75) is 50.5 Å². The van der Waals surface area contributed by atoms with Crippen molar-refractivity contribution in [2.75, 3.05) is 6.54 Å². The van der Waals surface area contributed by atoms with Gasteiger partial charge in [-0.25, -0.2) is 22.6 Å². The summed E-state index contributed by atoms with van der Waals surface area (Å²) in [6.07, 6.45) is -4.72. The first-order chi connectivity index (χ1) is 15.6. The minimum absolute atomic E-state index is 0.0340. The highest BCUT2D eigenvalue weighted by molar-refractivity contribution is 7.89. The number of aromatic nitrogens is 3. The molecule has 0 fully saturated rings. The summed E-state index contributed by atoms with van der Waals surface area (Å²) in [6.45, 7) is 5.66. The van der Waals surface area contributed by atoms with Gasteiger partial charge in [0.15, 0.2) is 5.03 Å². The molecule has 0 amide bonds. The van der Waals surface area contributed by atoms with E-state index in [9.17, 15) is 30.8 Å². The smallest absolute Gasteiger partial charge is 0.435 e. The third kappa shape index (κ3) is 5.20. The van der Waals surface area contributed by atoms with Crippen LogP contribution in [0.5, 0.6) is 0 Å². The van der Waals surface area contributed by atoms with Crippen LogP contribution in [0.1, 0.15) is 39.3 Å². The Kier molecular flexibility index (Phi) is 6.73. The number of alkyl halides is 3. The lowest BCUT2D eigenvalue weighted by atomic mass is 10.1. The van der Waals surface area contributed by atoms with Gasteiger partial charge in [0.1, 0.15) is 23.0 Å². The molecule has 184 valence electrons. The molecule has 0 aliphatic heterocycles. The summed E-state index contributed by atoms with van der Waals surface area (Å²) < 4.78 is 88.0. The van der Waals surface area contributed by atoms with Crippen molar-refractivity contribution in [1.82, 2.24) is 19.1 Å². The molecular formula is C21H22F4N4O4S. The van der Waals surface area contributed by atoms with Crippen LogP contribution in [0.15, 0.2) is 47.6 Å². The van der Waals surface area contributed by atoms with Gasteiger partial charge in [0.25, 0.3) is 10.0 Å². The maximum Gasteiger partial charge on any atom is 0.435 e. The van der Waals surface area contributed by atoms with Gasteiger partial charge in [-0.05, 0) is 50.6 Å². The van der Waals surface area contributed by atoms with Gasteiger partial charge < -0.3 is 4.74 Å². The summed E-state index contributed by atoms with van der Waals surface area (Å²) in [5.41, 5.74) is -1.19. The number of benzene rings is 1. The second-order valence-electron chi connectivity index (χ2n) is 8.29. The molecule has 3 rings (SSSR count). The van der Waals surface area contributed by atoms with Gasteiger partial charge in [0, 0.05) is 6.54 Å². The maximum atomic E-state index is 14.0. The molecule has 0 unspecified atom stereocenters. The van der Waals surface area contributed by atoms with Crippen LogP contribution in [0.3, 0.4) is 0 Å². The Morgan fingerprint density at radius 2 is 1.74 bits per heavy atom. The van der Waals surface area contributed by atoms with E-state index in [-0.39, 0.29) is 15.3 Å². The summed E-state index contributed by atoms with van der Waals surface area (Å²) >= 11 is 0. The van der Waals surface area contributed by atoms with E-state index in [0.717, 1.165) is 41.2 Å². The molecule has 13 heteroatoms. The number of hydrogen-bond acceptors (Lipinski definition) is 6. The zero-order valence-corrected chi connectivity index (χ0v) is 19.5. The monoisotopic (exact) mass is 502 g/mol. The molecule has 2 aromatic heterocycles. The topological polar surface area (TPSA) is 94.4 Å². The third-order valence-corrected chi connectivity index (χ3v) is 6.48. The molecule has 0 aliphatic carbocycles. The molecule has 2 heterocycles. The number of rotatable bonds is 5. The number of carbonyl (C=O) groups excluding carboxylic acids is 1. The molecule has 0 N–H and O–H groups in total. The zero-order valence-electron chi connectivity index (χ0n) is 18.7. The quantitative estimate of drug-likeness (QED) is 0.471. The molecule has 0 aliphatic rings.